The lowest BCUT2D eigenvalue weighted by atomic mass is 9.90. The van der Waals surface area contributed by atoms with Gasteiger partial charge in [0, 0.05) is 11.6 Å². The Morgan fingerprint density at radius 3 is 2.45 bits per heavy atom. The molecule has 0 saturated heterocycles. The molecule has 0 bridgehead atoms. The quantitative estimate of drug-likeness (QED) is 0.377. The fraction of sp³-hybridized carbons (Fsp3) is 0.231. The van der Waals surface area contributed by atoms with Crippen LogP contribution < -0.4 is 24.3 Å². The fourth-order valence-electron chi connectivity index (χ4n) is 4.58. The van der Waals surface area contributed by atoms with Crippen molar-refractivity contribution in [3.05, 3.63) is 77.4 Å². The molecule has 1 unspecified atom stereocenters. The van der Waals surface area contributed by atoms with Crippen LogP contribution in [0.25, 0.3) is 0 Å². The normalized spacial score (nSPS) is 19.7. The number of nitrogens with zero attached hydrogens (tertiary/aromatic N) is 2. The number of amides is 2. The maximum Gasteiger partial charge on any atom is 0.469 e. The molecular formula is C26H17F6N3O5. The molecule has 14 heteroatoms. The number of hydrogen-bond donors (Lipinski definition) is 1. The van der Waals surface area contributed by atoms with Gasteiger partial charge in [-0.25, -0.2) is 9.80 Å². The first-order valence-electron chi connectivity index (χ1n) is 11.7. The van der Waals surface area contributed by atoms with Crippen molar-refractivity contribution in [2.24, 2.45) is 5.10 Å². The molecule has 0 fully saturated rings. The van der Waals surface area contributed by atoms with Crippen molar-refractivity contribution in [2.75, 3.05) is 18.7 Å². The van der Waals surface area contributed by atoms with Gasteiger partial charge in [0.25, 0.3) is 0 Å². The van der Waals surface area contributed by atoms with Crippen LogP contribution in [0.3, 0.4) is 0 Å². The van der Waals surface area contributed by atoms with E-state index in [1.165, 1.54) is 24.3 Å². The average Bonchev–Trinajstić information content (AvgIpc) is 3.60. The SMILES string of the molecule is O=C(Nc1ccc2c(c1)C(F)(F)C(F)(F)O2)N1CC(c2ccc3c(c2)OCO3)C(c2ccc(OC(F)F)cc2)=N1. The van der Waals surface area contributed by atoms with E-state index in [1.54, 1.807) is 18.2 Å². The van der Waals surface area contributed by atoms with E-state index in [0.717, 1.165) is 17.1 Å². The summed E-state index contributed by atoms with van der Waals surface area (Å²) < 4.78 is 99.8. The van der Waals surface area contributed by atoms with E-state index in [-0.39, 0.29) is 24.8 Å². The van der Waals surface area contributed by atoms with Crippen LogP contribution in [0.15, 0.2) is 65.8 Å². The van der Waals surface area contributed by atoms with Gasteiger partial charge in [-0.1, -0.05) is 6.07 Å². The number of halogens is 6. The van der Waals surface area contributed by atoms with Gasteiger partial charge in [0.2, 0.25) is 6.79 Å². The Balaban J connectivity index is 1.28. The monoisotopic (exact) mass is 565 g/mol. The second kappa shape index (κ2) is 9.24. The first-order valence-corrected chi connectivity index (χ1v) is 11.7. The summed E-state index contributed by atoms with van der Waals surface area (Å²) in [4.78, 5) is 13.1. The van der Waals surface area contributed by atoms with Crippen LogP contribution in [0, 0.1) is 0 Å². The van der Waals surface area contributed by atoms with E-state index in [4.69, 9.17) is 9.47 Å². The Morgan fingerprint density at radius 2 is 1.70 bits per heavy atom. The molecule has 3 heterocycles. The van der Waals surface area contributed by atoms with Gasteiger partial charge in [0.15, 0.2) is 11.5 Å². The Bertz CT molecular complexity index is 1520. The summed E-state index contributed by atoms with van der Waals surface area (Å²) in [6, 6.07) is 12.8. The van der Waals surface area contributed by atoms with Crippen molar-refractivity contribution in [1.82, 2.24) is 5.01 Å². The second-order valence-corrected chi connectivity index (χ2v) is 8.97. The number of alkyl halides is 6. The number of urea groups is 1. The number of ether oxygens (including phenoxy) is 4. The van der Waals surface area contributed by atoms with Crippen LogP contribution in [0.1, 0.15) is 22.6 Å². The lowest BCUT2D eigenvalue weighted by molar-refractivity contribution is -0.296. The van der Waals surface area contributed by atoms with Crippen LogP contribution in [-0.4, -0.2) is 42.8 Å². The molecule has 1 atom stereocenters. The van der Waals surface area contributed by atoms with Gasteiger partial charge in [-0.2, -0.15) is 31.4 Å². The van der Waals surface area contributed by atoms with Gasteiger partial charge in [-0.3, -0.25) is 0 Å². The Morgan fingerprint density at radius 1 is 0.975 bits per heavy atom. The maximum absolute atomic E-state index is 14.1. The number of anilines is 1. The predicted molar refractivity (Wildman–Crippen MR) is 127 cm³/mol. The molecule has 0 radical (unpaired) electrons. The van der Waals surface area contributed by atoms with Gasteiger partial charge in [-0.05, 0) is 65.7 Å². The van der Waals surface area contributed by atoms with E-state index in [9.17, 15) is 31.1 Å². The molecule has 40 heavy (non-hydrogen) atoms. The molecular weight excluding hydrogens is 548 g/mol. The minimum atomic E-state index is -4.72. The number of nitrogens with one attached hydrogen (secondary N) is 1. The van der Waals surface area contributed by atoms with Crippen LogP contribution in [-0.2, 0) is 5.92 Å². The van der Waals surface area contributed by atoms with E-state index in [2.05, 4.69) is 19.9 Å². The van der Waals surface area contributed by atoms with E-state index in [1.807, 2.05) is 0 Å². The molecule has 3 aromatic carbocycles. The number of carbonyl (C=O) groups excluding carboxylic acids is 1. The van der Waals surface area contributed by atoms with Crippen LogP contribution >= 0.6 is 0 Å². The van der Waals surface area contributed by atoms with Gasteiger partial charge >= 0.3 is 24.7 Å². The summed E-state index contributed by atoms with van der Waals surface area (Å²) in [6.45, 7) is -2.97. The maximum atomic E-state index is 14.1. The van der Waals surface area contributed by atoms with E-state index < -0.39 is 41.9 Å². The highest BCUT2D eigenvalue weighted by molar-refractivity contribution is 6.08. The molecule has 1 N–H and O–H groups in total. The number of hydrogen-bond acceptors (Lipinski definition) is 6. The Labute approximate surface area is 221 Å². The van der Waals surface area contributed by atoms with Crippen molar-refractivity contribution in [3.8, 4) is 23.0 Å². The lowest BCUT2D eigenvalue weighted by Gasteiger charge is -2.17. The van der Waals surface area contributed by atoms with Crippen LogP contribution in [0.5, 0.6) is 23.0 Å². The number of hydrazone groups is 1. The standard InChI is InChI=1S/C26H17F6N3O5/c27-23(28)39-16-5-1-13(2-6-16)22-17(14-3-7-20-21(9-14)38-12-37-20)11-35(34-22)24(36)33-15-4-8-19-18(10-15)25(29,30)26(31,32)40-19/h1-10,17,23H,11-12H2,(H,33,36). The molecule has 208 valence electrons. The first-order chi connectivity index (χ1) is 19.0. The van der Waals surface area contributed by atoms with E-state index >= 15 is 0 Å². The minimum Gasteiger partial charge on any atom is -0.454 e. The summed E-state index contributed by atoms with van der Waals surface area (Å²) >= 11 is 0. The molecule has 3 aliphatic rings. The summed E-state index contributed by atoms with van der Waals surface area (Å²) in [5, 5.41) is 7.84. The predicted octanol–water partition coefficient (Wildman–Crippen LogP) is 6.13. The molecule has 0 spiro atoms. The van der Waals surface area contributed by atoms with Gasteiger partial charge in [0.1, 0.15) is 11.5 Å². The Hall–Kier alpha value is -4.62. The molecule has 8 nitrogen and oxygen atoms in total. The fourth-order valence-corrected chi connectivity index (χ4v) is 4.58. The van der Waals surface area contributed by atoms with Crippen molar-refractivity contribution < 1.29 is 50.1 Å². The molecule has 2 amide bonds. The van der Waals surface area contributed by atoms with Crippen LogP contribution in [0.4, 0.5) is 36.8 Å². The van der Waals surface area contributed by atoms with Gasteiger partial charge < -0.3 is 24.3 Å². The lowest BCUT2D eigenvalue weighted by Crippen LogP contribution is -2.37. The Kier molecular flexibility index (Phi) is 5.93. The van der Waals surface area contributed by atoms with Crippen molar-refractivity contribution in [3.63, 3.8) is 0 Å². The second-order valence-electron chi connectivity index (χ2n) is 8.97. The minimum absolute atomic E-state index is 0.00161. The summed E-state index contributed by atoms with van der Waals surface area (Å²) in [5.74, 6) is -4.86. The number of rotatable bonds is 5. The van der Waals surface area contributed by atoms with Crippen molar-refractivity contribution >= 4 is 17.4 Å². The summed E-state index contributed by atoms with van der Waals surface area (Å²) in [5.41, 5.74) is 0.344. The molecule has 0 saturated carbocycles. The number of carbonyl (C=O) groups is 1. The smallest absolute Gasteiger partial charge is 0.454 e. The van der Waals surface area contributed by atoms with Crippen molar-refractivity contribution in [1.29, 1.82) is 0 Å². The first kappa shape index (κ1) is 25.6. The third kappa shape index (κ3) is 4.38. The number of fused-ring (bicyclic) bond motifs is 2. The van der Waals surface area contributed by atoms with Crippen molar-refractivity contribution in [2.45, 2.75) is 24.6 Å². The molecule has 0 aromatic heterocycles. The third-order valence-corrected chi connectivity index (χ3v) is 6.50. The zero-order valence-corrected chi connectivity index (χ0v) is 20.0. The highest BCUT2D eigenvalue weighted by Crippen LogP contribution is 2.53. The molecule has 6 rings (SSSR count). The average molecular weight is 565 g/mol. The van der Waals surface area contributed by atoms with Gasteiger partial charge in [-0.15, -0.1) is 0 Å². The van der Waals surface area contributed by atoms with Crippen LogP contribution in [0.2, 0.25) is 0 Å². The molecule has 0 aliphatic carbocycles. The largest absolute Gasteiger partial charge is 0.469 e. The summed E-state index contributed by atoms with van der Waals surface area (Å²) in [7, 11) is 0. The molecule has 3 aliphatic heterocycles. The highest BCUT2D eigenvalue weighted by Gasteiger charge is 2.66. The summed E-state index contributed by atoms with van der Waals surface area (Å²) in [6.07, 6.45) is -4.72. The molecule has 3 aromatic rings. The zero-order chi connectivity index (χ0) is 28.2. The van der Waals surface area contributed by atoms with E-state index in [0.29, 0.717) is 34.4 Å². The topological polar surface area (TPSA) is 81.6 Å². The van der Waals surface area contributed by atoms with Gasteiger partial charge in [0.05, 0.1) is 17.8 Å². The zero-order valence-electron chi connectivity index (χ0n) is 20.0. The third-order valence-electron chi connectivity index (χ3n) is 6.50. The highest BCUT2D eigenvalue weighted by atomic mass is 19.3. The number of benzene rings is 3.